The largest absolute Gasteiger partial charge is 0.497 e. The molecule has 0 saturated carbocycles. The molecule has 2 aromatic carbocycles. The minimum absolute atomic E-state index is 0.209. The number of para-hydroxylation sites is 1. The number of methoxy groups -OCH3 is 2. The molecule has 1 fully saturated rings. The second-order valence-corrected chi connectivity index (χ2v) is 8.59. The van der Waals surface area contributed by atoms with Gasteiger partial charge < -0.3 is 19.7 Å². The van der Waals surface area contributed by atoms with Crippen molar-refractivity contribution >= 4 is 21.7 Å². The molecule has 2 aromatic rings. The number of hydrogen-bond acceptors (Lipinski definition) is 5. The van der Waals surface area contributed by atoms with Gasteiger partial charge in [-0.25, -0.2) is 13.2 Å². The van der Waals surface area contributed by atoms with Crippen molar-refractivity contribution in [2.75, 3.05) is 45.7 Å². The van der Waals surface area contributed by atoms with E-state index in [1.165, 1.54) is 23.5 Å². The Bertz CT molecular complexity index is 968. The Kier molecular flexibility index (Phi) is 6.29. The van der Waals surface area contributed by atoms with E-state index in [-0.39, 0.29) is 24.0 Å². The summed E-state index contributed by atoms with van der Waals surface area (Å²) in [5, 5.41) is 2.88. The zero-order chi connectivity index (χ0) is 21.0. The third-order valence-corrected chi connectivity index (χ3v) is 6.82. The van der Waals surface area contributed by atoms with Gasteiger partial charge in [-0.15, -0.1) is 0 Å². The summed E-state index contributed by atoms with van der Waals surface area (Å²) < 4.78 is 37.4. The van der Waals surface area contributed by atoms with Gasteiger partial charge in [-0.1, -0.05) is 12.1 Å². The number of amides is 2. The Morgan fingerprint density at radius 1 is 0.966 bits per heavy atom. The molecule has 3 rings (SSSR count). The topological polar surface area (TPSA) is 88.2 Å². The Hall–Kier alpha value is -2.78. The molecule has 29 heavy (non-hydrogen) atoms. The van der Waals surface area contributed by atoms with E-state index < -0.39 is 10.0 Å². The second kappa shape index (κ2) is 8.71. The van der Waals surface area contributed by atoms with Crippen LogP contribution in [-0.2, 0) is 10.0 Å². The summed E-state index contributed by atoms with van der Waals surface area (Å²) in [6, 6.07) is 11.5. The summed E-state index contributed by atoms with van der Waals surface area (Å²) in [6.45, 7) is 2.95. The third kappa shape index (κ3) is 4.46. The number of piperazine rings is 1. The molecule has 2 amide bonds. The minimum atomic E-state index is -3.61. The van der Waals surface area contributed by atoms with Crippen molar-refractivity contribution in [2.45, 2.75) is 11.8 Å². The van der Waals surface area contributed by atoms with Gasteiger partial charge in [0.2, 0.25) is 10.0 Å². The van der Waals surface area contributed by atoms with Crippen LogP contribution in [0.15, 0.2) is 47.4 Å². The number of sulfonamides is 1. The fraction of sp³-hybridized carbons (Fsp3) is 0.350. The average Bonchev–Trinajstić information content (AvgIpc) is 2.75. The Balaban J connectivity index is 1.65. The van der Waals surface area contributed by atoms with E-state index in [2.05, 4.69) is 5.32 Å². The molecular formula is C20H25N3O5S. The third-order valence-electron chi connectivity index (χ3n) is 4.91. The lowest BCUT2D eigenvalue weighted by Gasteiger charge is -2.34. The molecule has 0 unspecified atom stereocenters. The summed E-state index contributed by atoms with van der Waals surface area (Å²) in [5.41, 5.74) is 1.51. The summed E-state index contributed by atoms with van der Waals surface area (Å²) in [7, 11) is -0.536. The second-order valence-electron chi connectivity index (χ2n) is 6.65. The summed E-state index contributed by atoms with van der Waals surface area (Å²) in [6.07, 6.45) is 0. The number of ether oxygens (including phenoxy) is 2. The SMILES string of the molecule is COc1ccc(S(=O)(=O)N2CCN(C(=O)Nc3c(C)cccc3OC)CC2)cc1. The molecule has 8 nitrogen and oxygen atoms in total. The molecule has 1 N–H and O–H groups in total. The molecule has 0 spiro atoms. The van der Waals surface area contributed by atoms with Crippen LogP contribution in [0.5, 0.6) is 11.5 Å². The van der Waals surface area contributed by atoms with E-state index in [0.717, 1.165) is 5.56 Å². The van der Waals surface area contributed by atoms with Crippen LogP contribution in [0.25, 0.3) is 0 Å². The highest BCUT2D eigenvalue weighted by molar-refractivity contribution is 7.89. The molecule has 0 aliphatic carbocycles. The number of rotatable bonds is 5. The Morgan fingerprint density at radius 2 is 1.62 bits per heavy atom. The van der Waals surface area contributed by atoms with Crippen LogP contribution in [0.2, 0.25) is 0 Å². The lowest BCUT2D eigenvalue weighted by atomic mass is 10.2. The first kappa shape index (κ1) is 20.9. The summed E-state index contributed by atoms with van der Waals surface area (Å²) >= 11 is 0. The molecule has 0 atom stereocenters. The standard InChI is InChI=1S/C20H25N3O5S/c1-15-5-4-6-18(28-3)19(15)21-20(24)22-11-13-23(14-12-22)29(25,26)17-9-7-16(27-2)8-10-17/h4-10H,11-14H2,1-3H3,(H,21,24). The first-order chi connectivity index (χ1) is 13.9. The minimum Gasteiger partial charge on any atom is -0.497 e. The normalized spacial score (nSPS) is 15.1. The lowest BCUT2D eigenvalue weighted by molar-refractivity contribution is 0.184. The van der Waals surface area contributed by atoms with Crippen molar-refractivity contribution in [2.24, 2.45) is 0 Å². The van der Waals surface area contributed by atoms with Crippen LogP contribution < -0.4 is 14.8 Å². The molecule has 1 heterocycles. The predicted molar refractivity (Wildman–Crippen MR) is 110 cm³/mol. The van der Waals surface area contributed by atoms with Gasteiger partial charge in [0.15, 0.2) is 0 Å². The highest BCUT2D eigenvalue weighted by Gasteiger charge is 2.30. The first-order valence-corrected chi connectivity index (χ1v) is 10.6. The van der Waals surface area contributed by atoms with Gasteiger partial charge >= 0.3 is 6.03 Å². The van der Waals surface area contributed by atoms with Crippen molar-refractivity contribution in [1.29, 1.82) is 0 Å². The monoisotopic (exact) mass is 419 g/mol. The van der Waals surface area contributed by atoms with E-state index in [4.69, 9.17) is 9.47 Å². The van der Waals surface area contributed by atoms with Crippen molar-refractivity contribution in [3.8, 4) is 11.5 Å². The molecular weight excluding hydrogens is 394 g/mol. The molecule has 1 saturated heterocycles. The smallest absolute Gasteiger partial charge is 0.322 e. The Morgan fingerprint density at radius 3 is 2.21 bits per heavy atom. The Labute approximate surface area is 171 Å². The van der Waals surface area contributed by atoms with E-state index in [1.54, 1.807) is 30.2 Å². The zero-order valence-corrected chi connectivity index (χ0v) is 17.5. The molecule has 0 radical (unpaired) electrons. The van der Waals surface area contributed by atoms with Crippen LogP contribution in [0.1, 0.15) is 5.56 Å². The number of aryl methyl sites for hydroxylation is 1. The van der Waals surface area contributed by atoms with E-state index >= 15 is 0 Å². The molecule has 9 heteroatoms. The van der Waals surface area contributed by atoms with Gasteiger partial charge in [0.05, 0.1) is 24.8 Å². The summed E-state index contributed by atoms with van der Waals surface area (Å²) in [5.74, 6) is 1.18. The van der Waals surface area contributed by atoms with Crippen LogP contribution in [0.3, 0.4) is 0 Å². The maximum absolute atomic E-state index is 12.8. The fourth-order valence-corrected chi connectivity index (χ4v) is 4.61. The fourth-order valence-electron chi connectivity index (χ4n) is 3.19. The molecule has 1 aliphatic heterocycles. The molecule has 0 bridgehead atoms. The van der Waals surface area contributed by atoms with Crippen molar-refractivity contribution in [1.82, 2.24) is 9.21 Å². The number of urea groups is 1. The molecule has 1 aliphatic rings. The van der Waals surface area contributed by atoms with Crippen molar-refractivity contribution < 1.29 is 22.7 Å². The maximum Gasteiger partial charge on any atom is 0.322 e. The van der Waals surface area contributed by atoms with Gasteiger partial charge in [0.1, 0.15) is 11.5 Å². The number of benzene rings is 2. The van der Waals surface area contributed by atoms with Gasteiger partial charge in [-0.2, -0.15) is 4.31 Å². The highest BCUT2D eigenvalue weighted by atomic mass is 32.2. The van der Waals surface area contributed by atoms with E-state index in [1.807, 2.05) is 19.1 Å². The molecule has 0 aromatic heterocycles. The number of anilines is 1. The van der Waals surface area contributed by atoms with Gasteiger partial charge in [-0.3, -0.25) is 0 Å². The van der Waals surface area contributed by atoms with Crippen LogP contribution in [0.4, 0.5) is 10.5 Å². The van der Waals surface area contributed by atoms with Crippen LogP contribution in [-0.4, -0.2) is 64.1 Å². The first-order valence-electron chi connectivity index (χ1n) is 9.20. The number of carbonyl (C=O) groups is 1. The lowest BCUT2D eigenvalue weighted by Crippen LogP contribution is -2.51. The predicted octanol–water partition coefficient (Wildman–Crippen LogP) is 2.55. The van der Waals surface area contributed by atoms with Crippen molar-refractivity contribution in [3.05, 3.63) is 48.0 Å². The summed E-state index contributed by atoms with van der Waals surface area (Å²) in [4.78, 5) is 14.5. The van der Waals surface area contributed by atoms with Gasteiger partial charge in [-0.05, 0) is 42.8 Å². The zero-order valence-electron chi connectivity index (χ0n) is 16.7. The van der Waals surface area contributed by atoms with Crippen molar-refractivity contribution in [3.63, 3.8) is 0 Å². The maximum atomic E-state index is 12.8. The number of hydrogen-bond donors (Lipinski definition) is 1. The van der Waals surface area contributed by atoms with Crippen LogP contribution >= 0.6 is 0 Å². The number of carbonyl (C=O) groups excluding carboxylic acids is 1. The van der Waals surface area contributed by atoms with E-state index in [9.17, 15) is 13.2 Å². The quantitative estimate of drug-likeness (QED) is 0.805. The average molecular weight is 420 g/mol. The van der Waals surface area contributed by atoms with E-state index in [0.29, 0.717) is 30.3 Å². The molecule has 156 valence electrons. The van der Waals surface area contributed by atoms with Gasteiger partial charge in [0.25, 0.3) is 0 Å². The highest BCUT2D eigenvalue weighted by Crippen LogP contribution is 2.28. The van der Waals surface area contributed by atoms with Crippen LogP contribution in [0, 0.1) is 6.92 Å². The van der Waals surface area contributed by atoms with Gasteiger partial charge in [0, 0.05) is 26.2 Å². The number of nitrogens with zero attached hydrogens (tertiary/aromatic N) is 2. The number of nitrogens with one attached hydrogen (secondary N) is 1.